The smallest absolute Gasteiger partial charge is 0.331 e. The van der Waals surface area contributed by atoms with Crippen molar-refractivity contribution in [3.63, 3.8) is 0 Å². The lowest BCUT2D eigenvalue weighted by Gasteiger charge is -2.19. The molecule has 0 atom stereocenters. The van der Waals surface area contributed by atoms with Gasteiger partial charge in [-0.1, -0.05) is 11.6 Å². The molecular formula is C12H12ClN3O3S. The van der Waals surface area contributed by atoms with E-state index >= 15 is 0 Å². The van der Waals surface area contributed by atoms with E-state index in [-0.39, 0.29) is 11.7 Å². The van der Waals surface area contributed by atoms with Crippen LogP contribution >= 0.6 is 22.9 Å². The van der Waals surface area contributed by atoms with Gasteiger partial charge in [0.25, 0.3) is 5.91 Å². The minimum Gasteiger partial charge on any atom is -0.479 e. The molecule has 0 aromatic carbocycles. The first-order valence-electron chi connectivity index (χ1n) is 5.67. The monoisotopic (exact) mass is 313 g/mol. The molecule has 20 heavy (non-hydrogen) atoms. The maximum Gasteiger partial charge on any atom is 0.331 e. The third-order valence-electron chi connectivity index (χ3n) is 2.72. The lowest BCUT2D eigenvalue weighted by Crippen LogP contribution is -2.36. The van der Waals surface area contributed by atoms with Crippen LogP contribution in [0.4, 0.5) is 5.82 Å². The van der Waals surface area contributed by atoms with Crippen molar-refractivity contribution in [2.75, 3.05) is 5.32 Å². The number of carbonyl (C=O) groups excluding carboxylic acids is 1. The molecule has 0 aliphatic rings. The highest BCUT2D eigenvalue weighted by atomic mass is 35.5. The topological polar surface area (TPSA) is 84.2 Å². The second-order valence-corrected chi connectivity index (χ2v) is 6.28. The Balaban J connectivity index is 2.14. The summed E-state index contributed by atoms with van der Waals surface area (Å²) < 4.78 is 1.81. The number of carboxylic acids is 1. The van der Waals surface area contributed by atoms with Crippen LogP contribution < -0.4 is 5.32 Å². The SMILES string of the molecule is CC(C)(C(=O)O)n1ccc(NC(=O)c2ccc(Cl)s2)n1. The fourth-order valence-corrected chi connectivity index (χ4v) is 2.35. The molecule has 0 unspecified atom stereocenters. The van der Waals surface area contributed by atoms with Crippen molar-refractivity contribution < 1.29 is 14.7 Å². The molecule has 2 N–H and O–H groups in total. The van der Waals surface area contributed by atoms with Crippen LogP contribution in [0.3, 0.4) is 0 Å². The molecule has 0 aliphatic heterocycles. The van der Waals surface area contributed by atoms with Gasteiger partial charge in [0.2, 0.25) is 0 Å². The Labute approximate surface area is 124 Å². The first-order valence-corrected chi connectivity index (χ1v) is 6.86. The number of hydrogen-bond donors (Lipinski definition) is 2. The van der Waals surface area contributed by atoms with Gasteiger partial charge in [-0.15, -0.1) is 11.3 Å². The number of thiophene rings is 1. The highest BCUT2D eigenvalue weighted by Crippen LogP contribution is 2.22. The second-order valence-electron chi connectivity index (χ2n) is 4.57. The first-order chi connectivity index (χ1) is 9.30. The first kappa shape index (κ1) is 14.5. The molecule has 0 bridgehead atoms. The van der Waals surface area contributed by atoms with Crippen molar-refractivity contribution in [3.8, 4) is 0 Å². The Morgan fingerprint density at radius 3 is 2.65 bits per heavy atom. The lowest BCUT2D eigenvalue weighted by molar-refractivity contribution is -0.146. The Hall–Kier alpha value is -1.86. The highest BCUT2D eigenvalue weighted by molar-refractivity contribution is 7.18. The van der Waals surface area contributed by atoms with Crippen LogP contribution in [0.5, 0.6) is 0 Å². The van der Waals surface area contributed by atoms with Gasteiger partial charge >= 0.3 is 5.97 Å². The number of amides is 1. The van der Waals surface area contributed by atoms with E-state index in [0.717, 1.165) is 11.3 Å². The van der Waals surface area contributed by atoms with Gasteiger partial charge in [-0.3, -0.25) is 9.48 Å². The maximum absolute atomic E-state index is 11.9. The molecule has 6 nitrogen and oxygen atoms in total. The van der Waals surface area contributed by atoms with Gasteiger partial charge < -0.3 is 10.4 Å². The van der Waals surface area contributed by atoms with Gasteiger partial charge in [-0.2, -0.15) is 5.10 Å². The Bertz CT molecular complexity index is 662. The Kier molecular flexibility index (Phi) is 3.82. The molecule has 2 aromatic heterocycles. The number of halogens is 1. The summed E-state index contributed by atoms with van der Waals surface area (Å²) in [4.78, 5) is 23.5. The second kappa shape index (κ2) is 5.26. The molecule has 0 saturated carbocycles. The van der Waals surface area contributed by atoms with Gasteiger partial charge in [-0.25, -0.2) is 4.79 Å². The van der Waals surface area contributed by atoms with Crippen LogP contribution in [-0.4, -0.2) is 26.8 Å². The van der Waals surface area contributed by atoms with E-state index in [4.69, 9.17) is 16.7 Å². The van der Waals surface area contributed by atoms with Gasteiger partial charge in [-0.05, 0) is 26.0 Å². The number of carboxylic acid groups (broad SMARTS) is 1. The highest BCUT2D eigenvalue weighted by Gasteiger charge is 2.30. The molecule has 2 aromatic rings. The van der Waals surface area contributed by atoms with E-state index in [0.29, 0.717) is 9.21 Å². The number of carbonyl (C=O) groups is 2. The zero-order chi connectivity index (χ0) is 14.9. The zero-order valence-electron chi connectivity index (χ0n) is 10.8. The zero-order valence-corrected chi connectivity index (χ0v) is 12.3. The summed E-state index contributed by atoms with van der Waals surface area (Å²) in [6.45, 7) is 3.04. The van der Waals surface area contributed by atoms with E-state index in [9.17, 15) is 9.59 Å². The molecule has 8 heteroatoms. The standard InChI is InChI=1S/C12H12ClN3O3S/c1-12(2,11(18)19)16-6-5-9(15-16)14-10(17)7-3-4-8(13)20-7/h3-6H,1-2H3,(H,18,19)(H,14,15,17). The molecule has 2 heterocycles. The summed E-state index contributed by atoms with van der Waals surface area (Å²) in [7, 11) is 0. The Morgan fingerprint density at radius 2 is 2.10 bits per heavy atom. The summed E-state index contributed by atoms with van der Waals surface area (Å²) in [5.74, 6) is -1.06. The molecule has 1 amide bonds. The number of aliphatic carboxylic acids is 1. The maximum atomic E-state index is 11.9. The van der Waals surface area contributed by atoms with Gasteiger partial charge in [0.05, 0.1) is 9.21 Å². The molecule has 106 valence electrons. The minimum absolute atomic E-state index is 0.286. The number of nitrogens with one attached hydrogen (secondary N) is 1. The van der Waals surface area contributed by atoms with Crippen LogP contribution in [0.15, 0.2) is 24.4 Å². The van der Waals surface area contributed by atoms with Gasteiger partial charge in [0.15, 0.2) is 11.4 Å². The largest absolute Gasteiger partial charge is 0.479 e. The molecule has 0 fully saturated rings. The van der Waals surface area contributed by atoms with Crippen LogP contribution in [0, 0.1) is 0 Å². The van der Waals surface area contributed by atoms with Crippen molar-refractivity contribution in [1.82, 2.24) is 9.78 Å². The number of aromatic nitrogens is 2. The summed E-state index contributed by atoms with van der Waals surface area (Å²) in [6.07, 6.45) is 1.51. The molecular weight excluding hydrogens is 302 g/mol. The van der Waals surface area contributed by atoms with Crippen molar-refractivity contribution in [2.45, 2.75) is 19.4 Å². The average Bonchev–Trinajstić information content (AvgIpc) is 2.98. The van der Waals surface area contributed by atoms with Crippen molar-refractivity contribution in [2.24, 2.45) is 0 Å². The predicted molar refractivity (Wildman–Crippen MR) is 76.5 cm³/mol. The van der Waals surface area contributed by atoms with E-state index in [1.54, 1.807) is 12.1 Å². The van der Waals surface area contributed by atoms with Crippen LogP contribution in [0.25, 0.3) is 0 Å². The van der Waals surface area contributed by atoms with E-state index in [1.165, 1.54) is 30.8 Å². The lowest BCUT2D eigenvalue weighted by atomic mass is 10.1. The van der Waals surface area contributed by atoms with Gasteiger partial charge in [0, 0.05) is 12.3 Å². The summed E-state index contributed by atoms with van der Waals surface area (Å²) in [5.41, 5.74) is -1.19. The van der Waals surface area contributed by atoms with Crippen LogP contribution in [-0.2, 0) is 10.3 Å². The van der Waals surface area contributed by atoms with E-state index < -0.39 is 11.5 Å². The fraction of sp³-hybridized carbons (Fsp3) is 0.250. The molecule has 0 spiro atoms. The third kappa shape index (κ3) is 2.83. The quantitative estimate of drug-likeness (QED) is 0.909. The van der Waals surface area contributed by atoms with Crippen LogP contribution in [0.1, 0.15) is 23.5 Å². The number of anilines is 1. The van der Waals surface area contributed by atoms with Crippen molar-refractivity contribution >= 4 is 40.6 Å². The summed E-state index contributed by atoms with van der Waals surface area (Å²) in [6, 6.07) is 4.78. The van der Waals surface area contributed by atoms with Crippen LogP contribution in [0.2, 0.25) is 4.34 Å². The van der Waals surface area contributed by atoms with Crippen molar-refractivity contribution in [1.29, 1.82) is 0 Å². The fourth-order valence-electron chi connectivity index (χ4n) is 1.41. The summed E-state index contributed by atoms with van der Waals surface area (Å²) >= 11 is 6.92. The van der Waals surface area contributed by atoms with E-state index in [1.807, 2.05) is 0 Å². The number of rotatable bonds is 4. The molecule has 0 radical (unpaired) electrons. The normalized spacial score (nSPS) is 11.3. The predicted octanol–water partition coefficient (Wildman–Crippen LogP) is 2.67. The minimum atomic E-state index is -1.19. The Morgan fingerprint density at radius 1 is 1.40 bits per heavy atom. The average molecular weight is 314 g/mol. The number of hydrogen-bond acceptors (Lipinski definition) is 4. The molecule has 2 rings (SSSR count). The summed E-state index contributed by atoms with van der Waals surface area (Å²) in [5, 5.41) is 15.7. The van der Waals surface area contributed by atoms with Gasteiger partial charge in [0.1, 0.15) is 0 Å². The van der Waals surface area contributed by atoms with E-state index in [2.05, 4.69) is 10.4 Å². The van der Waals surface area contributed by atoms with Crippen molar-refractivity contribution in [3.05, 3.63) is 33.6 Å². The molecule has 0 saturated heterocycles. The third-order valence-corrected chi connectivity index (χ3v) is 3.95. The molecule has 0 aliphatic carbocycles. The number of nitrogens with zero attached hydrogens (tertiary/aromatic N) is 2.